The molecule has 2 fully saturated rings. The maximum absolute atomic E-state index is 14.0. The van der Waals surface area contributed by atoms with E-state index in [1.54, 1.807) is 4.90 Å². The van der Waals surface area contributed by atoms with Crippen molar-refractivity contribution in [3.8, 4) is 0 Å². The van der Waals surface area contributed by atoms with Gasteiger partial charge < -0.3 is 15.0 Å². The van der Waals surface area contributed by atoms with Crippen LogP contribution >= 0.6 is 0 Å². The first kappa shape index (κ1) is 27.2. The first-order valence-electron chi connectivity index (χ1n) is 12.6. The van der Waals surface area contributed by atoms with Crippen LogP contribution in [-0.4, -0.2) is 57.3 Å². The normalized spacial score (nSPS) is 25.8. The van der Waals surface area contributed by atoms with Crippen molar-refractivity contribution < 1.29 is 31.1 Å². The minimum absolute atomic E-state index is 0.0190. The van der Waals surface area contributed by atoms with E-state index in [1.807, 2.05) is 13.8 Å². The van der Waals surface area contributed by atoms with Crippen LogP contribution in [0, 0.1) is 11.3 Å². The number of carbonyl (C=O) groups is 1. The number of nitrogens with one attached hydrogen (secondary N) is 2. The van der Waals surface area contributed by atoms with Crippen LogP contribution in [0.2, 0.25) is 0 Å². The molecule has 0 radical (unpaired) electrons. The van der Waals surface area contributed by atoms with Crippen molar-refractivity contribution in [3.05, 3.63) is 28.8 Å². The van der Waals surface area contributed by atoms with Gasteiger partial charge in [-0.1, -0.05) is 13.8 Å². The average molecular weight is 532 g/mol. The number of rotatable bonds is 6. The maximum Gasteiger partial charge on any atom is 0.416 e. The van der Waals surface area contributed by atoms with Gasteiger partial charge in [0.25, 0.3) is 0 Å². The van der Waals surface area contributed by atoms with Gasteiger partial charge in [0.05, 0.1) is 22.9 Å². The Morgan fingerprint density at radius 3 is 2.47 bits per heavy atom. The van der Waals surface area contributed by atoms with Gasteiger partial charge in [-0.3, -0.25) is 9.52 Å². The van der Waals surface area contributed by atoms with Crippen molar-refractivity contribution in [2.75, 3.05) is 30.7 Å². The molecular formula is C25H36F3N3O4S. The van der Waals surface area contributed by atoms with Crippen molar-refractivity contribution in [1.82, 2.24) is 10.2 Å². The lowest BCUT2D eigenvalue weighted by molar-refractivity contribution is -0.145. The van der Waals surface area contributed by atoms with E-state index in [1.165, 1.54) is 0 Å². The number of anilines is 1. The van der Waals surface area contributed by atoms with Crippen molar-refractivity contribution in [2.45, 2.75) is 77.2 Å². The zero-order valence-electron chi connectivity index (χ0n) is 21.1. The van der Waals surface area contributed by atoms with Crippen molar-refractivity contribution in [3.63, 3.8) is 0 Å². The highest BCUT2D eigenvalue weighted by Crippen LogP contribution is 2.47. The van der Waals surface area contributed by atoms with Crippen LogP contribution in [0.3, 0.4) is 0 Å². The number of alkyl halides is 3. The largest absolute Gasteiger partial charge is 0.416 e. The fourth-order valence-electron chi connectivity index (χ4n) is 6.02. The molecule has 1 amide bonds. The summed E-state index contributed by atoms with van der Waals surface area (Å²) in [6, 6.07) is 2.49. The minimum atomic E-state index is -4.64. The summed E-state index contributed by atoms with van der Waals surface area (Å²) >= 11 is 0. The Hall–Kier alpha value is -1.85. The topological polar surface area (TPSA) is 87.7 Å². The molecule has 0 bridgehead atoms. The minimum Gasteiger partial charge on any atom is -0.381 e. The second kappa shape index (κ2) is 10.1. The molecule has 2 N–H and O–H groups in total. The number of hydrogen-bond donors (Lipinski definition) is 2. The van der Waals surface area contributed by atoms with Crippen LogP contribution in [-0.2, 0) is 38.7 Å². The zero-order valence-corrected chi connectivity index (χ0v) is 21.9. The summed E-state index contributed by atoms with van der Waals surface area (Å²) < 4.78 is 72.1. The monoisotopic (exact) mass is 531 g/mol. The summed E-state index contributed by atoms with van der Waals surface area (Å²) in [5.41, 5.74) is -0.710. The third-order valence-corrected chi connectivity index (χ3v) is 8.61. The molecule has 4 rings (SSSR count). The van der Waals surface area contributed by atoms with Crippen LogP contribution in [0.4, 0.5) is 18.9 Å². The quantitative estimate of drug-likeness (QED) is 0.581. The lowest BCUT2D eigenvalue weighted by atomic mass is 9.73. The number of amides is 1. The van der Waals surface area contributed by atoms with E-state index in [0.717, 1.165) is 57.3 Å². The number of carbonyl (C=O) groups excluding carboxylic acids is 1. The fraction of sp³-hybridized carbons (Fsp3) is 0.720. The van der Waals surface area contributed by atoms with Gasteiger partial charge in [0, 0.05) is 38.4 Å². The molecule has 1 aromatic rings. The summed E-state index contributed by atoms with van der Waals surface area (Å²) in [6.45, 7) is 5.93. The smallest absolute Gasteiger partial charge is 0.381 e. The van der Waals surface area contributed by atoms with Crippen LogP contribution in [0.15, 0.2) is 12.1 Å². The second-order valence-corrected chi connectivity index (χ2v) is 12.6. The van der Waals surface area contributed by atoms with E-state index in [9.17, 15) is 26.4 Å². The van der Waals surface area contributed by atoms with E-state index >= 15 is 0 Å². The number of benzene rings is 1. The third-order valence-electron chi connectivity index (χ3n) is 8.02. The molecule has 2 aliphatic heterocycles. The molecule has 2 atom stereocenters. The third kappa shape index (κ3) is 5.83. The molecule has 7 nitrogen and oxygen atoms in total. The SMILES string of the molecule is CC(C)[C@]1(C(=O)N2CCc3c(cc(C(F)(F)F)cc3NS(C)(=O)=O)C2)CC[C@@H](NC2CCOCC2)C1. The van der Waals surface area contributed by atoms with Gasteiger partial charge in [0.15, 0.2) is 0 Å². The number of fused-ring (bicyclic) bond motifs is 1. The van der Waals surface area contributed by atoms with Gasteiger partial charge in [0.2, 0.25) is 15.9 Å². The first-order chi connectivity index (χ1) is 16.8. The van der Waals surface area contributed by atoms with Gasteiger partial charge >= 0.3 is 6.18 Å². The highest BCUT2D eigenvalue weighted by atomic mass is 32.2. The molecule has 11 heteroatoms. The molecule has 1 aliphatic carbocycles. The number of sulfonamides is 1. The summed E-state index contributed by atoms with van der Waals surface area (Å²) in [4.78, 5) is 15.6. The Balaban J connectivity index is 1.57. The summed E-state index contributed by atoms with van der Waals surface area (Å²) in [5.74, 6) is 0.0614. The van der Waals surface area contributed by atoms with Crippen molar-refractivity contribution >= 4 is 21.6 Å². The van der Waals surface area contributed by atoms with Crippen molar-refractivity contribution in [1.29, 1.82) is 0 Å². The summed E-state index contributed by atoms with van der Waals surface area (Å²) in [5, 5.41) is 3.71. The number of hydrogen-bond acceptors (Lipinski definition) is 5. The molecule has 36 heavy (non-hydrogen) atoms. The van der Waals surface area contributed by atoms with Crippen molar-refractivity contribution in [2.24, 2.45) is 11.3 Å². The van der Waals surface area contributed by atoms with Gasteiger partial charge in [-0.2, -0.15) is 13.2 Å². The number of halogens is 3. The predicted octanol–water partition coefficient (Wildman–Crippen LogP) is 3.93. The molecule has 0 aromatic heterocycles. The molecular weight excluding hydrogens is 495 g/mol. The Bertz CT molecular complexity index is 1090. The second-order valence-electron chi connectivity index (χ2n) is 10.8. The Morgan fingerprint density at radius 2 is 1.86 bits per heavy atom. The highest BCUT2D eigenvalue weighted by molar-refractivity contribution is 7.92. The number of nitrogens with zero attached hydrogens (tertiary/aromatic N) is 1. The summed E-state index contributed by atoms with van der Waals surface area (Å²) in [6.07, 6.45) is 0.783. The van der Waals surface area contributed by atoms with E-state index in [4.69, 9.17) is 4.74 Å². The average Bonchev–Trinajstić information content (AvgIpc) is 3.22. The highest BCUT2D eigenvalue weighted by Gasteiger charge is 2.50. The van der Waals surface area contributed by atoms with Gasteiger partial charge in [-0.25, -0.2) is 8.42 Å². The molecule has 0 spiro atoms. The standard InChI is InChI=1S/C25H36F3N3O4S/c1-16(2)24(8-4-20(14-24)29-19-6-10-35-11-7-19)23(32)31-9-5-21-17(15-31)12-18(25(26,27)28)13-22(21)30-36(3,33)34/h12-13,16,19-20,29-30H,4-11,14-15H2,1-3H3/t20-,24+/m1/s1. The van der Waals surface area contributed by atoms with Crippen LogP contribution in [0.5, 0.6) is 0 Å². The lowest BCUT2D eigenvalue weighted by Crippen LogP contribution is -2.49. The first-order valence-corrected chi connectivity index (χ1v) is 14.5. The molecule has 1 saturated heterocycles. The Morgan fingerprint density at radius 1 is 1.17 bits per heavy atom. The molecule has 202 valence electrons. The van der Waals surface area contributed by atoms with Gasteiger partial charge in [0.1, 0.15) is 0 Å². The Kier molecular flexibility index (Phi) is 7.65. The molecule has 1 aromatic carbocycles. The van der Waals surface area contributed by atoms with Crippen LogP contribution in [0.1, 0.15) is 62.6 Å². The van der Waals surface area contributed by atoms with E-state index in [2.05, 4.69) is 10.0 Å². The molecule has 3 aliphatic rings. The zero-order chi connectivity index (χ0) is 26.3. The fourth-order valence-corrected chi connectivity index (χ4v) is 6.61. The predicted molar refractivity (Wildman–Crippen MR) is 131 cm³/mol. The lowest BCUT2D eigenvalue weighted by Gasteiger charge is -2.40. The Labute approximate surface area is 211 Å². The van der Waals surface area contributed by atoms with Crippen LogP contribution < -0.4 is 10.0 Å². The van der Waals surface area contributed by atoms with E-state index in [0.29, 0.717) is 30.1 Å². The summed E-state index contributed by atoms with van der Waals surface area (Å²) in [7, 11) is -3.77. The van der Waals surface area contributed by atoms with Gasteiger partial charge in [-0.05, 0) is 67.7 Å². The maximum atomic E-state index is 14.0. The molecule has 2 heterocycles. The van der Waals surface area contributed by atoms with E-state index < -0.39 is 27.2 Å². The molecule has 0 unspecified atom stereocenters. The van der Waals surface area contributed by atoms with Crippen LogP contribution in [0.25, 0.3) is 0 Å². The number of ether oxygens (including phenoxy) is 1. The van der Waals surface area contributed by atoms with Gasteiger partial charge in [-0.15, -0.1) is 0 Å². The molecule has 1 saturated carbocycles. The van der Waals surface area contributed by atoms with E-state index in [-0.39, 0.29) is 36.5 Å².